The molecule has 3 rings (SSSR count). The van der Waals surface area contributed by atoms with Crippen molar-refractivity contribution in [3.63, 3.8) is 0 Å². The third-order valence-electron chi connectivity index (χ3n) is 3.72. The van der Waals surface area contributed by atoms with Gasteiger partial charge in [0.15, 0.2) is 0 Å². The molecule has 1 unspecified atom stereocenters. The Bertz CT molecular complexity index is 698. The van der Waals surface area contributed by atoms with E-state index < -0.39 is 0 Å². The van der Waals surface area contributed by atoms with Crippen LogP contribution in [0.2, 0.25) is 0 Å². The number of hydrogen-bond donors (Lipinski definition) is 3. The van der Waals surface area contributed by atoms with Gasteiger partial charge in [0.05, 0.1) is 6.33 Å². The average Bonchev–Trinajstić information content (AvgIpc) is 3.19. The highest BCUT2D eigenvalue weighted by Gasteiger charge is 2.20. The van der Waals surface area contributed by atoms with Crippen LogP contribution in [0.5, 0.6) is 0 Å². The molecule has 1 aliphatic heterocycles. The molecule has 126 valence electrons. The quantitative estimate of drug-likeness (QED) is 0.779. The molecule has 1 atom stereocenters. The Morgan fingerprint density at radius 3 is 2.79 bits per heavy atom. The molecule has 0 bridgehead atoms. The second-order valence-electron chi connectivity index (χ2n) is 5.69. The minimum atomic E-state index is -0.269. The van der Waals surface area contributed by atoms with Gasteiger partial charge in [0, 0.05) is 49.4 Å². The summed E-state index contributed by atoms with van der Waals surface area (Å²) in [5, 5.41) is 8.41. The van der Waals surface area contributed by atoms with Crippen molar-refractivity contribution in [2.24, 2.45) is 0 Å². The van der Waals surface area contributed by atoms with Crippen molar-refractivity contribution in [1.82, 2.24) is 20.2 Å². The van der Waals surface area contributed by atoms with Crippen molar-refractivity contribution in [3.8, 4) is 0 Å². The van der Waals surface area contributed by atoms with Gasteiger partial charge in [-0.15, -0.1) is 0 Å². The lowest BCUT2D eigenvalue weighted by molar-refractivity contribution is 0.248. The molecule has 0 spiro atoms. The summed E-state index contributed by atoms with van der Waals surface area (Å²) in [6, 6.07) is 6.79. The smallest absolute Gasteiger partial charge is 0.321 e. The Morgan fingerprint density at radius 2 is 2.17 bits per heavy atom. The standard InChI is InChI=1S/C16H20N6O2/c1-12(10-21-8-6-17-11-21)19-15(23)20-13-2-4-14(5-3-13)22-9-7-18-16(22)24/h2-6,8,11-12H,7,9-10H2,1H3,(H,18,24)(H2,19,20,23). The first-order chi connectivity index (χ1) is 11.6. The minimum absolute atomic E-state index is 0.0354. The van der Waals surface area contributed by atoms with E-state index in [-0.39, 0.29) is 18.1 Å². The first-order valence-corrected chi connectivity index (χ1v) is 7.80. The molecule has 1 aromatic carbocycles. The monoisotopic (exact) mass is 328 g/mol. The molecular weight excluding hydrogens is 308 g/mol. The van der Waals surface area contributed by atoms with Crippen LogP contribution in [0.25, 0.3) is 0 Å². The van der Waals surface area contributed by atoms with Crippen LogP contribution >= 0.6 is 0 Å². The summed E-state index contributed by atoms with van der Waals surface area (Å²) in [6.07, 6.45) is 5.27. The number of benzene rings is 1. The molecule has 2 heterocycles. The summed E-state index contributed by atoms with van der Waals surface area (Å²) in [6.45, 7) is 3.87. The number of carbonyl (C=O) groups is 2. The largest absolute Gasteiger partial charge is 0.336 e. The lowest BCUT2D eigenvalue weighted by atomic mass is 10.2. The molecule has 3 N–H and O–H groups in total. The SMILES string of the molecule is CC(Cn1ccnc1)NC(=O)Nc1ccc(N2CCNC2=O)cc1. The number of imidazole rings is 1. The molecule has 1 aliphatic rings. The van der Waals surface area contributed by atoms with E-state index in [0.29, 0.717) is 25.3 Å². The predicted octanol–water partition coefficient (Wildman–Crippen LogP) is 1.62. The number of aromatic nitrogens is 2. The summed E-state index contributed by atoms with van der Waals surface area (Å²) < 4.78 is 1.90. The zero-order valence-corrected chi connectivity index (χ0v) is 13.4. The maximum absolute atomic E-state index is 12.0. The van der Waals surface area contributed by atoms with Gasteiger partial charge >= 0.3 is 12.1 Å². The molecule has 1 fully saturated rings. The lowest BCUT2D eigenvalue weighted by Crippen LogP contribution is -2.38. The molecule has 4 amide bonds. The van der Waals surface area contributed by atoms with Crippen molar-refractivity contribution in [1.29, 1.82) is 0 Å². The first-order valence-electron chi connectivity index (χ1n) is 7.80. The highest BCUT2D eigenvalue weighted by atomic mass is 16.2. The Labute approximate surface area is 139 Å². The second-order valence-corrected chi connectivity index (χ2v) is 5.69. The third kappa shape index (κ3) is 3.83. The molecule has 2 aromatic rings. The molecule has 1 saturated heterocycles. The maximum Gasteiger partial charge on any atom is 0.321 e. The van der Waals surface area contributed by atoms with Gasteiger partial charge in [0.2, 0.25) is 0 Å². The van der Waals surface area contributed by atoms with Crippen molar-refractivity contribution in [2.75, 3.05) is 23.3 Å². The van der Waals surface area contributed by atoms with Crippen molar-refractivity contribution in [2.45, 2.75) is 19.5 Å². The molecule has 1 aromatic heterocycles. The third-order valence-corrected chi connectivity index (χ3v) is 3.72. The van der Waals surface area contributed by atoms with Crippen LogP contribution in [0, 0.1) is 0 Å². The van der Waals surface area contributed by atoms with E-state index in [2.05, 4.69) is 20.9 Å². The van der Waals surface area contributed by atoms with E-state index in [1.807, 2.05) is 29.8 Å². The summed E-state index contributed by atoms with van der Waals surface area (Å²) in [5.74, 6) is 0. The van der Waals surface area contributed by atoms with Gasteiger partial charge < -0.3 is 20.5 Å². The topological polar surface area (TPSA) is 91.3 Å². The summed E-state index contributed by atoms with van der Waals surface area (Å²) in [4.78, 5) is 29.3. The van der Waals surface area contributed by atoms with Crippen LogP contribution < -0.4 is 20.9 Å². The summed E-state index contributed by atoms with van der Waals surface area (Å²) in [5.41, 5.74) is 1.48. The molecule has 0 radical (unpaired) electrons. The van der Waals surface area contributed by atoms with Gasteiger partial charge in [-0.05, 0) is 31.2 Å². The number of nitrogens with one attached hydrogen (secondary N) is 3. The van der Waals surface area contributed by atoms with Crippen LogP contribution in [0.4, 0.5) is 21.0 Å². The Kier molecular flexibility index (Phi) is 4.64. The summed E-state index contributed by atoms with van der Waals surface area (Å²) >= 11 is 0. The van der Waals surface area contributed by atoms with Gasteiger partial charge in [-0.2, -0.15) is 0 Å². The van der Waals surface area contributed by atoms with E-state index in [9.17, 15) is 9.59 Å². The molecular formula is C16H20N6O2. The van der Waals surface area contributed by atoms with Crippen LogP contribution in [0.15, 0.2) is 43.0 Å². The lowest BCUT2D eigenvalue weighted by Gasteiger charge is -2.16. The fraction of sp³-hybridized carbons (Fsp3) is 0.312. The maximum atomic E-state index is 12.0. The molecule has 0 aliphatic carbocycles. The fourth-order valence-corrected chi connectivity index (χ4v) is 2.59. The Hall–Kier alpha value is -3.03. The normalized spacial score (nSPS) is 15.0. The highest BCUT2D eigenvalue weighted by molar-refractivity contribution is 5.94. The minimum Gasteiger partial charge on any atom is -0.336 e. The van der Waals surface area contributed by atoms with E-state index in [1.54, 1.807) is 29.6 Å². The van der Waals surface area contributed by atoms with Crippen molar-refractivity contribution < 1.29 is 9.59 Å². The molecule has 24 heavy (non-hydrogen) atoms. The average molecular weight is 328 g/mol. The van der Waals surface area contributed by atoms with Gasteiger partial charge in [-0.3, -0.25) is 4.90 Å². The number of carbonyl (C=O) groups excluding carboxylic acids is 2. The van der Waals surface area contributed by atoms with E-state index in [0.717, 1.165) is 5.69 Å². The number of nitrogens with zero attached hydrogens (tertiary/aromatic N) is 3. The fourth-order valence-electron chi connectivity index (χ4n) is 2.59. The Balaban J connectivity index is 1.51. The highest BCUT2D eigenvalue weighted by Crippen LogP contribution is 2.19. The van der Waals surface area contributed by atoms with E-state index in [4.69, 9.17) is 0 Å². The molecule has 8 nitrogen and oxygen atoms in total. The molecule has 0 saturated carbocycles. The van der Waals surface area contributed by atoms with Crippen LogP contribution in [0.3, 0.4) is 0 Å². The van der Waals surface area contributed by atoms with Gasteiger partial charge in [-0.1, -0.05) is 0 Å². The molecule has 8 heteroatoms. The number of amides is 4. The number of urea groups is 2. The van der Waals surface area contributed by atoms with Crippen molar-refractivity contribution >= 4 is 23.4 Å². The number of anilines is 2. The van der Waals surface area contributed by atoms with Gasteiger partial charge in [-0.25, -0.2) is 14.6 Å². The zero-order valence-electron chi connectivity index (χ0n) is 13.4. The van der Waals surface area contributed by atoms with Crippen LogP contribution in [-0.4, -0.2) is 40.7 Å². The Morgan fingerprint density at radius 1 is 1.38 bits per heavy atom. The van der Waals surface area contributed by atoms with Gasteiger partial charge in [0.1, 0.15) is 0 Å². The van der Waals surface area contributed by atoms with Crippen LogP contribution in [0.1, 0.15) is 6.92 Å². The second kappa shape index (κ2) is 7.03. The number of rotatable bonds is 5. The van der Waals surface area contributed by atoms with E-state index in [1.165, 1.54) is 0 Å². The zero-order chi connectivity index (χ0) is 16.9. The summed E-state index contributed by atoms with van der Waals surface area (Å²) in [7, 11) is 0. The van der Waals surface area contributed by atoms with Crippen molar-refractivity contribution in [3.05, 3.63) is 43.0 Å². The first kappa shape index (κ1) is 15.9. The van der Waals surface area contributed by atoms with Crippen LogP contribution in [-0.2, 0) is 6.54 Å². The predicted molar refractivity (Wildman–Crippen MR) is 91.0 cm³/mol. The van der Waals surface area contributed by atoms with E-state index >= 15 is 0 Å². The number of hydrogen-bond acceptors (Lipinski definition) is 3. The van der Waals surface area contributed by atoms with Gasteiger partial charge in [0.25, 0.3) is 0 Å².